The van der Waals surface area contributed by atoms with Gasteiger partial charge in [-0.05, 0) is 37.5 Å². The van der Waals surface area contributed by atoms with Crippen LogP contribution in [-0.4, -0.2) is 60.5 Å². The van der Waals surface area contributed by atoms with Gasteiger partial charge in [-0.25, -0.2) is 8.42 Å². The van der Waals surface area contributed by atoms with Gasteiger partial charge in [0.05, 0.1) is 22.2 Å². The number of halogens is 3. The quantitative estimate of drug-likeness (QED) is 0.333. The van der Waals surface area contributed by atoms with Gasteiger partial charge in [0.25, 0.3) is 0 Å². The second-order valence-corrected chi connectivity index (χ2v) is 12.7. The molecule has 0 radical (unpaired) electrons. The predicted octanol–water partition coefficient (Wildman–Crippen LogP) is 2.89. The Morgan fingerprint density at radius 1 is 1.29 bits per heavy atom. The van der Waals surface area contributed by atoms with E-state index in [0.717, 1.165) is 25.2 Å². The van der Waals surface area contributed by atoms with Crippen molar-refractivity contribution in [1.29, 1.82) is 0 Å². The van der Waals surface area contributed by atoms with E-state index in [4.69, 9.17) is 20.3 Å². The summed E-state index contributed by atoms with van der Waals surface area (Å²) in [4.78, 5) is 30.9. The maximum Gasteiger partial charge on any atom is 0.416 e. The van der Waals surface area contributed by atoms with Crippen LogP contribution in [0.2, 0.25) is 0 Å². The normalized spacial score (nSPS) is 16.5. The summed E-state index contributed by atoms with van der Waals surface area (Å²) in [6, 6.07) is 1.01. The lowest BCUT2D eigenvalue weighted by Crippen LogP contribution is -2.30. The molecule has 2 atom stereocenters. The Labute approximate surface area is 198 Å². The van der Waals surface area contributed by atoms with Crippen molar-refractivity contribution in [2.24, 2.45) is 5.73 Å². The highest BCUT2D eigenvalue weighted by molar-refractivity contribution is 7.90. The fraction of sp³-hybridized carbons (Fsp3) is 0.450. The van der Waals surface area contributed by atoms with Gasteiger partial charge in [-0.2, -0.15) is 13.2 Å². The van der Waals surface area contributed by atoms with Crippen molar-refractivity contribution in [3.63, 3.8) is 0 Å². The number of ketones is 1. The molecule has 1 heterocycles. The number of alkyl halides is 3. The van der Waals surface area contributed by atoms with E-state index >= 15 is 0 Å². The lowest BCUT2D eigenvalue weighted by atomic mass is 10.0. The Bertz CT molecular complexity index is 1250. The molecule has 1 aromatic heterocycles. The topological polar surface area (TPSA) is 178 Å². The maximum absolute atomic E-state index is 12.8. The van der Waals surface area contributed by atoms with E-state index in [1.54, 1.807) is 0 Å². The van der Waals surface area contributed by atoms with Crippen molar-refractivity contribution >= 4 is 29.0 Å². The minimum absolute atomic E-state index is 0.0412. The molecule has 0 amide bonds. The summed E-state index contributed by atoms with van der Waals surface area (Å²) in [6.45, 7) is 1.18. The van der Waals surface area contributed by atoms with Crippen molar-refractivity contribution in [2.45, 2.75) is 42.3 Å². The highest BCUT2D eigenvalue weighted by Gasteiger charge is 2.36. The molecule has 1 aliphatic rings. The number of benzene rings is 1. The third-order valence-electron chi connectivity index (χ3n) is 4.92. The molecule has 1 aliphatic carbocycles. The summed E-state index contributed by atoms with van der Waals surface area (Å²) in [7, 11) is -7.14. The first kappa shape index (κ1) is 28.7. The SMILES string of the molecule is CP(=O)(O)CCC(N)C(=O)O.CS(=O)(=O)c1cc(C(F)(F)F)ccc1C(=O)c1cnoc1C1CC1. The molecule has 0 spiro atoms. The first-order valence-corrected chi connectivity index (χ1v) is 14.3. The van der Waals surface area contributed by atoms with E-state index in [1.807, 2.05) is 0 Å². The first-order chi connectivity index (χ1) is 15.9. The summed E-state index contributed by atoms with van der Waals surface area (Å²) in [5.74, 6) is -1.47. The molecule has 1 saturated carbocycles. The molecule has 1 fully saturated rings. The fourth-order valence-electron chi connectivity index (χ4n) is 2.90. The molecule has 0 bridgehead atoms. The Hall–Kier alpha value is -2.54. The number of carbonyl (C=O) groups is 2. The second kappa shape index (κ2) is 10.6. The Balaban J connectivity index is 0.000000334. The average Bonchev–Trinajstić information content (AvgIpc) is 3.45. The summed E-state index contributed by atoms with van der Waals surface area (Å²) in [5.41, 5.74) is 3.72. The van der Waals surface area contributed by atoms with Gasteiger partial charge in [0.2, 0.25) is 0 Å². The monoisotopic (exact) mass is 540 g/mol. The van der Waals surface area contributed by atoms with Gasteiger partial charge in [-0.3, -0.25) is 14.2 Å². The fourth-order valence-corrected chi connectivity index (χ4v) is 4.56. The molecule has 0 aliphatic heterocycles. The Morgan fingerprint density at radius 3 is 2.34 bits per heavy atom. The van der Waals surface area contributed by atoms with E-state index in [2.05, 4.69) is 5.16 Å². The van der Waals surface area contributed by atoms with Crippen molar-refractivity contribution in [1.82, 2.24) is 5.16 Å². The number of carboxylic acids is 1. The van der Waals surface area contributed by atoms with Crippen LogP contribution < -0.4 is 5.73 Å². The minimum atomic E-state index is -4.71. The van der Waals surface area contributed by atoms with Gasteiger partial charge in [0.1, 0.15) is 6.04 Å². The van der Waals surface area contributed by atoms with Gasteiger partial charge < -0.3 is 20.3 Å². The van der Waals surface area contributed by atoms with Crippen LogP contribution in [0, 0.1) is 0 Å². The summed E-state index contributed by atoms with van der Waals surface area (Å²) in [5, 5.41) is 11.8. The molecule has 3 rings (SSSR count). The second-order valence-electron chi connectivity index (χ2n) is 8.20. The van der Waals surface area contributed by atoms with Crippen molar-refractivity contribution in [2.75, 3.05) is 19.1 Å². The van der Waals surface area contributed by atoms with Crippen molar-refractivity contribution in [3.05, 3.63) is 46.8 Å². The van der Waals surface area contributed by atoms with Crippen LogP contribution in [0.3, 0.4) is 0 Å². The number of hydrogen-bond acceptors (Lipinski definition) is 8. The third-order valence-corrected chi connectivity index (χ3v) is 7.14. The average molecular weight is 540 g/mol. The van der Waals surface area contributed by atoms with E-state index in [0.29, 0.717) is 17.9 Å². The van der Waals surface area contributed by atoms with Crippen LogP contribution in [-0.2, 0) is 25.4 Å². The molecule has 2 unspecified atom stereocenters. The van der Waals surface area contributed by atoms with Gasteiger partial charge >= 0.3 is 12.1 Å². The molecule has 1 aromatic carbocycles. The number of aromatic nitrogens is 1. The van der Waals surface area contributed by atoms with Crippen LogP contribution in [0.1, 0.15) is 52.4 Å². The molecule has 0 saturated heterocycles. The number of carboxylic acid groups (broad SMARTS) is 1. The molecule has 2 aromatic rings. The zero-order chi connectivity index (χ0) is 26.8. The van der Waals surface area contributed by atoms with Gasteiger partial charge in [0.15, 0.2) is 28.7 Å². The number of sulfone groups is 1. The smallest absolute Gasteiger partial charge is 0.416 e. The number of aliphatic carboxylic acids is 1. The number of carbonyl (C=O) groups excluding carboxylic acids is 1. The summed E-state index contributed by atoms with van der Waals surface area (Å²) >= 11 is 0. The first-order valence-electron chi connectivity index (χ1n) is 10.1. The number of nitrogens with two attached hydrogens (primary N) is 1. The lowest BCUT2D eigenvalue weighted by Gasteiger charge is -2.11. The van der Waals surface area contributed by atoms with Gasteiger partial charge in [-0.15, -0.1) is 0 Å². The van der Waals surface area contributed by atoms with Crippen LogP contribution >= 0.6 is 7.37 Å². The standard InChI is InChI=1S/C15H12F3NO4S.C5H12NO4P/c1-24(21,22)12-6-9(15(16,17)18)4-5-10(12)13(20)11-7-19-23-14(11)8-2-3-8;1-11(9,10)3-2-4(6)5(7)8/h4-8H,2-3H2,1H3;4H,2-3,6H2,1H3,(H,7,8)(H,9,10). The van der Waals surface area contributed by atoms with Crippen LogP contribution in [0.15, 0.2) is 33.8 Å². The minimum Gasteiger partial charge on any atom is -0.480 e. The lowest BCUT2D eigenvalue weighted by molar-refractivity contribution is -0.139. The van der Waals surface area contributed by atoms with E-state index < -0.39 is 51.6 Å². The Kier molecular flexibility index (Phi) is 8.70. The zero-order valence-corrected chi connectivity index (χ0v) is 20.4. The molecular weight excluding hydrogens is 516 g/mol. The zero-order valence-electron chi connectivity index (χ0n) is 18.7. The molecule has 4 N–H and O–H groups in total. The maximum atomic E-state index is 12.8. The number of rotatable bonds is 8. The molecule has 194 valence electrons. The highest BCUT2D eigenvalue weighted by Crippen LogP contribution is 2.42. The van der Waals surface area contributed by atoms with Crippen LogP contribution in [0.5, 0.6) is 0 Å². The number of hydrogen-bond donors (Lipinski definition) is 3. The van der Waals surface area contributed by atoms with Crippen molar-refractivity contribution in [3.8, 4) is 0 Å². The van der Waals surface area contributed by atoms with Crippen LogP contribution in [0.25, 0.3) is 0 Å². The molecule has 10 nitrogen and oxygen atoms in total. The Morgan fingerprint density at radius 2 is 1.89 bits per heavy atom. The van der Waals surface area contributed by atoms with E-state index in [9.17, 15) is 35.7 Å². The molecule has 15 heteroatoms. The molecule has 35 heavy (non-hydrogen) atoms. The van der Waals surface area contributed by atoms with E-state index in [1.165, 1.54) is 12.9 Å². The van der Waals surface area contributed by atoms with Gasteiger partial charge in [0, 0.05) is 30.6 Å². The summed E-state index contributed by atoms with van der Waals surface area (Å²) < 4.78 is 77.9. The largest absolute Gasteiger partial charge is 0.480 e. The van der Waals surface area contributed by atoms with Gasteiger partial charge in [-0.1, -0.05) is 5.16 Å². The third kappa shape index (κ3) is 8.27. The van der Waals surface area contributed by atoms with E-state index in [-0.39, 0.29) is 29.6 Å². The predicted molar refractivity (Wildman–Crippen MR) is 117 cm³/mol. The molecular formula is C20H24F3N2O8PS. The number of nitrogens with zero attached hydrogens (tertiary/aromatic N) is 1. The highest BCUT2D eigenvalue weighted by atomic mass is 32.2. The van der Waals surface area contributed by atoms with Crippen molar-refractivity contribution < 1.29 is 50.3 Å². The summed E-state index contributed by atoms with van der Waals surface area (Å²) in [6.07, 6.45) is -1.14. The van der Waals surface area contributed by atoms with Crippen LogP contribution in [0.4, 0.5) is 13.2 Å².